The van der Waals surface area contributed by atoms with Gasteiger partial charge in [-0.15, -0.1) is 12.6 Å². The van der Waals surface area contributed by atoms with Gasteiger partial charge in [0, 0.05) is 28.3 Å². The molecule has 0 aliphatic carbocycles. The molecule has 0 aliphatic heterocycles. The van der Waals surface area contributed by atoms with Crippen molar-refractivity contribution in [3.05, 3.63) is 84.2 Å². The van der Waals surface area contributed by atoms with E-state index in [9.17, 15) is 13.6 Å². The Morgan fingerprint density at radius 2 is 1.79 bits per heavy atom. The molecule has 0 radical (unpaired) electrons. The van der Waals surface area contributed by atoms with Gasteiger partial charge in [-0.3, -0.25) is 9.36 Å². The smallest absolute Gasteiger partial charge is 0.273 e. The van der Waals surface area contributed by atoms with Gasteiger partial charge in [0.1, 0.15) is 28.5 Å². The molecule has 146 valence electrons. The van der Waals surface area contributed by atoms with Crippen LogP contribution in [0.3, 0.4) is 0 Å². The Labute approximate surface area is 183 Å². The number of thiol groups is 1. The van der Waals surface area contributed by atoms with Gasteiger partial charge in [-0.1, -0.05) is 23.2 Å². The maximum Gasteiger partial charge on any atom is 0.273 e. The second-order valence-corrected chi connectivity index (χ2v) is 8.01. The highest BCUT2D eigenvalue weighted by atomic mass is 79.9. The van der Waals surface area contributed by atoms with Gasteiger partial charge in [-0.2, -0.15) is 0 Å². The molecule has 28 heavy (non-hydrogen) atoms. The van der Waals surface area contributed by atoms with Gasteiger partial charge in [0.05, 0.1) is 15.7 Å². The minimum atomic E-state index is -0.730. The first-order valence-electron chi connectivity index (χ1n) is 7.86. The van der Waals surface area contributed by atoms with Crippen LogP contribution >= 0.6 is 51.8 Å². The van der Waals surface area contributed by atoms with Crippen molar-refractivity contribution in [3.8, 4) is 11.4 Å². The number of aromatic nitrogens is 1. The predicted octanol–water partition coefficient (Wildman–Crippen LogP) is 6.36. The fraction of sp³-hybridized carbons (Fsp3) is 0.105. The molecule has 0 saturated carbocycles. The highest BCUT2D eigenvalue weighted by Gasteiger charge is 2.18. The lowest BCUT2D eigenvalue weighted by Crippen LogP contribution is -2.22. The molecule has 0 N–H and O–H groups in total. The quantitative estimate of drug-likeness (QED) is 0.417. The molecular weight excluding hydrogens is 495 g/mol. The number of pyridine rings is 1. The third-order valence-corrected chi connectivity index (χ3v) is 5.49. The first kappa shape index (κ1) is 21.2. The van der Waals surface area contributed by atoms with E-state index in [2.05, 4.69) is 28.6 Å². The van der Waals surface area contributed by atoms with Crippen molar-refractivity contribution in [2.24, 2.45) is 0 Å². The van der Waals surface area contributed by atoms with E-state index < -0.39 is 17.2 Å². The van der Waals surface area contributed by atoms with Crippen LogP contribution < -0.4 is 10.3 Å². The molecule has 3 rings (SSSR count). The number of rotatable bonds is 4. The minimum Gasteiger partial charge on any atom is -0.487 e. The first-order chi connectivity index (χ1) is 13.2. The summed E-state index contributed by atoms with van der Waals surface area (Å²) in [5.41, 5.74) is 0.523. The van der Waals surface area contributed by atoms with Gasteiger partial charge in [-0.25, -0.2) is 8.78 Å². The number of ether oxygens (including phenoxy) is 1. The second-order valence-electron chi connectivity index (χ2n) is 5.89. The van der Waals surface area contributed by atoms with Crippen LogP contribution in [0.2, 0.25) is 10.0 Å². The van der Waals surface area contributed by atoms with Gasteiger partial charge in [-0.05, 0) is 47.1 Å². The fourth-order valence-electron chi connectivity index (χ4n) is 2.62. The van der Waals surface area contributed by atoms with Crippen molar-refractivity contribution >= 4 is 51.8 Å². The van der Waals surface area contributed by atoms with Crippen molar-refractivity contribution in [1.82, 2.24) is 4.57 Å². The molecule has 0 aliphatic rings. The Hall–Kier alpha value is -1.54. The van der Waals surface area contributed by atoms with Gasteiger partial charge >= 0.3 is 0 Å². The summed E-state index contributed by atoms with van der Waals surface area (Å²) in [5.74, 6) is -1.20. The molecule has 0 fully saturated rings. The summed E-state index contributed by atoms with van der Waals surface area (Å²) >= 11 is 20.0. The molecule has 3 nitrogen and oxygen atoms in total. The van der Waals surface area contributed by atoms with E-state index in [1.165, 1.54) is 10.6 Å². The molecule has 3 aromatic rings. The third kappa shape index (κ3) is 4.22. The first-order valence-corrected chi connectivity index (χ1v) is 9.86. The number of aryl methyl sites for hydroxylation is 1. The Bertz CT molecular complexity index is 1110. The van der Waals surface area contributed by atoms with Gasteiger partial charge in [0.2, 0.25) is 0 Å². The molecule has 0 unspecified atom stereocenters. The predicted molar refractivity (Wildman–Crippen MR) is 112 cm³/mol. The van der Waals surface area contributed by atoms with Crippen LogP contribution in [0.25, 0.3) is 5.69 Å². The summed E-state index contributed by atoms with van der Waals surface area (Å²) in [5, 5.41) is 0.522. The van der Waals surface area contributed by atoms with E-state index in [1.807, 2.05) is 0 Å². The SMILES string of the molecule is Cc1cc(OCc2ccc(F)cc2F)c(Br)c(=O)n1-c1c(Cl)cc(S)cc1Cl. The molecule has 0 atom stereocenters. The number of benzene rings is 2. The number of hydrogen-bond acceptors (Lipinski definition) is 3. The molecular formula is C19H12BrCl2F2NO2S. The van der Waals surface area contributed by atoms with Gasteiger partial charge in [0.15, 0.2) is 0 Å². The number of nitrogens with zero attached hydrogens (tertiary/aromatic N) is 1. The summed E-state index contributed by atoms with van der Waals surface area (Å²) in [6, 6.07) is 7.93. The largest absolute Gasteiger partial charge is 0.487 e. The lowest BCUT2D eigenvalue weighted by Gasteiger charge is -2.17. The summed E-state index contributed by atoms with van der Waals surface area (Å²) < 4.78 is 33.8. The van der Waals surface area contributed by atoms with Crippen molar-refractivity contribution in [1.29, 1.82) is 0 Å². The number of hydrogen-bond donors (Lipinski definition) is 1. The van der Waals surface area contributed by atoms with E-state index in [4.69, 9.17) is 27.9 Å². The Morgan fingerprint density at radius 3 is 2.39 bits per heavy atom. The van der Waals surface area contributed by atoms with E-state index in [1.54, 1.807) is 25.1 Å². The van der Waals surface area contributed by atoms with Crippen molar-refractivity contribution in [3.63, 3.8) is 0 Å². The van der Waals surface area contributed by atoms with Crippen LogP contribution in [0.5, 0.6) is 5.75 Å². The molecule has 0 bridgehead atoms. The zero-order chi connectivity index (χ0) is 20.6. The Balaban J connectivity index is 2.01. The highest BCUT2D eigenvalue weighted by molar-refractivity contribution is 9.10. The third-order valence-electron chi connectivity index (χ3n) is 3.92. The van der Waals surface area contributed by atoms with Crippen LogP contribution in [0.4, 0.5) is 8.78 Å². The maximum atomic E-state index is 13.8. The standard InChI is InChI=1S/C19H12BrCl2F2NO2S/c1-9-4-16(27-8-10-2-3-11(23)5-15(10)24)17(20)19(26)25(9)18-13(21)6-12(28)7-14(18)22/h2-7,28H,8H2,1H3. The minimum absolute atomic E-state index is 0.114. The average molecular weight is 507 g/mol. The van der Waals surface area contributed by atoms with Crippen LogP contribution in [-0.4, -0.2) is 4.57 Å². The molecule has 2 aromatic carbocycles. The normalized spacial score (nSPS) is 11.0. The van der Waals surface area contributed by atoms with Crippen molar-refractivity contribution in [2.75, 3.05) is 0 Å². The molecule has 0 amide bonds. The second kappa shape index (κ2) is 8.45. The van der Waals surface area contributed by atoms with Crippen LogP contribution in [-0.2, 0) is 6.61 Å². The zero-order valence-electron chi connectivity index (χ0n) is 14.3. The summed E-state index contributed by atoms with van der Waals surface area (Å²) in [7, 11) is 0. The maximum absolute atomic E-state index is 13.8. The molecule has 0 spiro atoms. The monoisotopic (exact) mass is 505 g/mol. The Morgan fingerprint density at radius 1 is 1.14 bits per heavy atom. The van der Waals surface area contributed by atoms with Gasteiger partial charge < -0.3 is 4.74 Å². The summed E-state index contributed by atoms with van der Waals surface area (Å²) in [6.07, 6.45) is 0. The molecule has 1 aromatic heterocycles. The lowest BCUT2D eigenvalue weighted by molar-refractivity contribution is 0.296. The number of halogens is 5. The van der Waals surface area contributed by atoms with Crippen molar-refractivity contribution in [2.45, 2.75) is 18.4 Å². The summed E-state index contributed by atoms with van der Waals surface area (Å²) in [4.78, 5) is 13.5. The topological polar surface area (TPSA) is 31.2 Å². The molecule has 0 saturated heterocycles. The highest BCUT2D eigenvalue weighted by Crippen LogP contribution is 2.33. The van der Waals surface area contributed by atoms with Crippen LogP contribution in [0.1, 0.15) is 11.3 Å². The van der Waals surface area contributed by atoms with E-state index in [-0.39, 0.29) is 32.4 Å². The van der Waals surface area contributed by atoms with Crippen LogP contribution in [0.15, 0.2) is 50.6 Å². The van der Waals surface area contributed by atoms with Crippen LogP contribution in [0, 0.1) is 18.6 Å². The average Bonchev–Trinajstić information content (AvgIpc) is 2.60. The van der Waals surface area contributed by atoms with E-state index in [0.29, 0.717) is 16.3 Å². The summed E-state index contributed by atoms with van der Waals surface area (Å²) in [6.45, 7) is 1.50. The molecule has 1 heterocycles. The fourth-order valence-corrected chi connectivity index (χ4v) is 4.10. The van der Waals surface area contributed by atoms with E-state index in [0.717, 1.165) is 12.1 Å². The van der Waals surface area contributed by atoms with Crippen molar-refractivity contribution < 1.29 is 13.5 Å². The molecule has 9 heteroatoms. The Kier molecular flexibility index (Phi) is 6.39. The lowest BCUT2D eigenvalue weighted by atomic mass is 10.2. The zero-order valence-corrected chi connectivity index (χ0v) is 18.3. The van der Waals surface area contributed by atoms with Gasteiger partial charge in [0.25, 0.3) is 5.56 Å². The van der Waals surface area contributed by atoms with E-state index >= 15 is 0 Å².